The Hall–Kier alpha value is -1.86. The molecule has 2 aliphatic heterocycles. The molecule has 0 radical (unpaired) electrons. The zero-order valence-electron chi connectivity index (χ0n) is 17.1. The number of nitrogens with one attached hydrogen (secondary N) is 1. The van der Waals surface area contributed by atoms with Gasteiger partial charge in [-0.25, -0.2) is 0 Å². The van der Waals surface area contributed by atoms with Crippen LogP contribution in [0.25, 0.3) is 0 Å². The molecule has 1 N–H and O–H groups in total. The van der Waals surface area contributed by atoms with Crippen molar-refractivity contribution >= 4 is 11.8 Å². The summed E-state index contributed by atoms with van der Waals surface area (Å²) in [4.78, 5) is 28.5. The summed E-state index contributed by atoms with van der Waals surface area (Å²) < 4.78 is 7.94. The highest BCUT2D eigenvalue weighted by Gasteiger charge is 2.38. The van der Waals surface area contributed by atoms with Crippen LogP contribution in [0.1, 0.15) is 44.0 Å². The van der Waals surface area contributed by atoms with Crippen LogP contribution in [0.2, 0.25) is 0 Å². The number of hydrogen-bond acceptors (Lipinski definition) is 4. The Morgan fingerprint density at radius 2 is 2.04 bits per heavy atom. The highest BCUT2D eigenvalue weighted by atomic mass is 16.5. The van der Waals surface area contributed by atoms with Crippen molar-refractivity contribution in [3.05, 3.63) is 24.0 Å². The molecule has 2 fully saturated rings. The number of nitrogens with zero attached hydrogens (tertiary/aromatic N) is 3. The number of morpholine rings is 1. The van der Waals surface area contributed by atoms with Gasteiger partial charge in [0, 0.05) is 57.2 Å². The van der Waals surface area contributed by atoms with Gasteiger partial charge in [-0.05, 0) is 33.3 Å². The van der Waals surface area contributed by atoms with E-state index in [9.17, 15) is 9.59 Å². The minimum Gasteiger partial charge on any atom is -0.375 e. The molecule has 150 valence electrons. The molecule has 0 unspecified atom stereocenters. The van der Waals surface area contributed by atoms with E-state index >= 15 is 0 Å². The lowest BCUT2D eigenvalue weighted by Gasteiger charge is -2.35. The van der Waals surface area contributed by atoms with Crippen LogP contribution < -0.4 is 5.32 Å². The summed E-state index contributed by atoms with van der Waals surface area (Å²) in [5.41, 5.74) is 0.656. The monoisotopic (exact) mass is 376 g/mol. The summed E-state index contributed by atoms with van der Waals surface area (Å²) in [7, 11) is 3.53. The molecule has 1 aromatic rings. The van der Waals surface area contributed by atoms with Crippen LogP contribution in [-0.2, 0) is 15.1 Å². The Morgan fingerprint density at radius 3 is 2.67 bits per heavy atom. The van der Waals surface area contributed by atoms with Gasteiger partial charge in [0.15, 0.2) is 0 Å². The Bertz CT molecular complexity index is 692. The molecule has 27 heavy (non-hydrogen) atoms. The fourth-order valence-corrected chi connectivity index (χ4v) is 3.76. The molecular formula is C20H32N4O3. The lowest BCUT2D eigenvalue weighted by atomic mass is 10.1. The van der Waals surface area contributed by atoms with E-state index in [1.165, 1.54) is 0 Å². The molecule has 2 aliphatic rings. The molecule has 7 heteroatoms. The number of carbonyl (C=O) groups excluding carboxylic acids is 2. The van der Waals surface area contributed by atoms with E-state index in [4.69, 9.17) is 4.74 Å². The molecule has 3 heterocycles. The number of carbonyl (C=O) groups is 2. The van der Waals surface area contributed by atoms with E-state index in [2.05, 4.69) is 35.6 Å². The van der Waals surface area contributed by atoms with Gasteiger partial charge < -0.3 is 19.5 Å². The van der Waals surface area contributed by atoms with Gasteiger partial charge in [-0.15, -0.1) is 0 Å². The second-order valence-electron chi connectivity index (χ2n) is 8.94. The van der Waals surface area contributed by atoms with Crippen LogP contribution in [0.5, 0.6) is 0 Å². The summed E-state index contributed by atoms with van der Waals surface area (Å²) in [5, 5.41) is 3.17. The van der Waals surface area contributed by atoms with E-state index in [1.54, 1.807) is 19.0 Å². The van der Waals surface area contributed by atoms with Gasteiger partial charge in [-0.2, -0.15) is 0 Å². The minimum atomic E-state index is -0.0635. The lowest BCUT2D eigenvalue weighted by Crippen LogP contribution is -2.47. The van der Waals surface area contributed by atoms with Crippen molar-refractivity contribution < 1.29 is 14.3 Å². The second kappa shape index (κ2) is 7.64. The third kappa shape index (κ3) is 4.71. The summed E-state index contributed by atoms with van der Waals surface area (Å²) >= 11 is 0. The molecular weight excluding hydrogens is 344 g/mol. The molecule has 1 aromatic heterocycles. The molecule has 0 bridgehead atoms. The zero-order valence-corrected chi connectivity index (χ0v) is 17.1. The number of aromatic nitrogens is 1. The van der Waals surface area contributed by atoms with Crippen LogP contribution in [0, 0.1) is 0 Å². The number of rotatable bonds is 4. The van der Waals surface area contributed by atoms with Crippen LogP contribution in [0.3, 0.4) is 0 Å². The van der Waals surface area contributed by atoms with Gasteiger partial charge in [0.1, 0.15) is 0 Å². The fourth-order valence-electron chi connectivity index (χ4n) is 3.76. The van der Waals surface area contributed by atoms with E-state index in [0.29, 0.717) is 24.6 Å². The third-order valence-corrected chi connectivity index (χ3v) is 5.46. The Morgan fingerprint density at radius 1 is 1.30 bits per heavy atom. The summed E-state index contributed by atoms with van der Waals surface area (Å²) in [6.07, 6.45) is 5.09. The molecule has 3 rings (SSSR count). The van der Waals surface area contributed by atoms with Crippen LogP contribution in [0.4, 0.5) is 0 Å². The normalized spacial score (nSPS) is 25.9. The van der Waals surface area contributed by atoms with Crippen molar-refractivity contribution in [2.45, 2.75) is 57.3 Å². The largest absolute Gasteiger partial charge is 0.375 e. The highest BCUT2D eigenvalue weighted by Crippen LogP contribution is 2.25. The predicted molar refractivity (Wildman–Crippen MR) is 104 cm³/mol. The fraction of sp³-hybridized carbons (Fsp3) is 0.700. The maximum absolute atomic E-state index is 12.6. The smallest absolute Gasteiger partial charge is 0.253 e. The first-order valence-electron chi connectivity index (χ1n) is 9.68. The first-order chi connectivity index (χ1) is 12.6. The molecule has 0 aliphatic carbocycles. The number of fused-ring (bicyclic) bond motifs is 1. The van der Waals surface area contributed by atoms with Crippen LogP contribution >= 0.6 is 0 Å². The lowest BCUT2D eigenvalue weighted by molar-refractivity contribution is -0.134. The summed E-state index contributed by atoms with van der Waals surface area (Å²) in [6.45, 7) is 8.52. The third-order valence-electron chi connectivity index (χ3n) is 5.46. The van der Waals surface area contributed by atoms with Gasteiger partial charge in [0.2, 0.25) is 5.91 Å². The van der Waals surface area contributed by atoms with E-state index < -0.39 is 0 Å². The molecule has 7 nitrogen and oxygen atoms in total. The second-order valence-corrected chi connectivity index (χ2v) is 8.94. The van der Waals surface area contributed by atoms with Gasteiger partial charge in [-0.1, -0.05) is 0 Å². The maximum atomic E-state index is 12.6. The van der Waals surface area contributed by atoms with Crippen molar-refractivity contribution in [3.8, 4) is 0 Å². The molecule has 0 saturated carbocycles. The molecule has 0 aromatic carbocycles. The first kappa shape index (κ1) is 19.9. The first-order valence-corrected chi connectivity index (χ1v) is 9.68. The van der Waals surface area contributed by atoms with Crippen molar-refractivity contribution in [1.82, 2.24) is 19.7 Å². The van der Waals surface area contributed by atoms with Crippen LogP contribution in [0.15, 0.2) is 18.5 Å². The van der Waals surface area contributed by atoms with E-state index in [0.717, 1.165) is 19.5 Å². The zero-order chi connectivity index (χ0) is 19.8. The Balaban J connectivity index is 1.53. The number of hydrogen-bond donors (Lipinski definition) is 1. The molecule has 3 atom stereocenters. The van der Waals surface area contributed by atoms with Crippen molar-refractivity contribution in [2.75, 3.05) is 33.8 Å². The van der Waals surface area contributed by atoms with Gasteiger partial charge >= 0.3 is 0 Å². The van der Waals surface area contributed by atoms with Crippen LogP contribution in [-0.4, -0.2) is 78.2 Å². The molecule has 0 spiro atoms. The predicted octanol–water partition coefficient (Wildman–Crippen LogP) is 1.29. The van der Waals surface area contributed by atoms with Gasteiger partial charge in [-0.3, -0.25) is 14.5 Å². The highest BCUT2D eigenvalue weighted by molar-refractivity contribution is 5.94. The summed E-state index contributed by atoms with van der Waals surface area (Å²) in [6, 6.07) is 2.31. The molecule has 2 amide bonds. The van der Waals surface area contributed by atoms with Gasteiger partial charge in [0.05, 0.1) is 24.7 Å². The Kier molecular flexibility index (Phi) is 5.63. The van der Waals surface area contributed by atoms with Gasteiger partial charge in [0.25, 0.3) is 5.91 Å². The topological polar surface area (TPSA) is 66.8 Å². The number of ether oxygens (including phenoxy) is 1. The maximum Gasteiger partial charge on any atom is 0.253 e. The quantitative estimate of drug-likeness (QED) is 0.860. The van der Waals surface area contributed by atoms with E-state index in [-0.39, 0.29) is 29.5 Å². The van der Waals surface area contributed by atoms with Crippen molar-refractivity contribution in [1.29, 1.82) is 0 Å². The SMILES string of the molecule is CN(C)C(=O)C[C@H]1CN2C[C@H](NC(=O)c3ccn(C(C)(C)C)c3)C[C@H]2CO1. The average Bonchev–Trinajstić information content (AvgIpc) is 3.20. The molecule has 2 saturated heterocycles. The Labute approximate surface area is 161 Å². The average molecular weight is 377 g/mol. The van der Waals surface area contributed by atoms with Crippen molar-refractivity contribution in [3.63, 3.8) is 0 Å². The van der Waals surface area contributed by atoms with E-state index in [1.807, 2.05) is 18.5 Å². The van der Waals surface area contributed by atoms with Crippen molar-refractivity contribution in [2.24, 2.45) is 0 Å². The summed E-state index contributed by atoms with van der Waals surface area (Å²) in [5.74, 6) is 0.0639. The standard InChI is InChI=1S/C20H32N4O3/c1-20(2,3)24-7-6-14(10-24)19(26)21-15-8-16-13-27-17(12-23(16)11-15)9-18(25)22(4)5/h6-7,10,15-17H,8-9,11-13H2,1-5H3,(H,21,26)/t15-,16+,17+/m1/s1. The number of amides is 2. The minimum absolute atomic E-state index is 0.0249.